The second kappa shape index (κ2) is 7.14. The molecule has 4 nitrogen and oxygen atoms in total. The van der Waals surface area contributed by atoms with Crippen molar-refractivity contribution in [1.29, 1.82) is 0 Å². The Morgan fingerprint density at radius 3 is 3.11 bits per heavy atom. The molecule has 104 valence electrons. The Bertz CT molecular complexity index is 432. The van der Waals surface area contributed by atoms with Crippen LogP contribution in [0, 0.1) is 0 Å². The molecule has 1 aromatic carbocycles. The molecule has 1 heterocycles. The van der Waals surface area contributed by atoms with Gasteiger partial charge >= 0.3 is 0 Å². The van der Waals surface area contributed by atoms with E-state index in [1.165, 1.54) is 5.56 Å². The van der Waals surface area contributed by atoms with Gasteiger partial charge in [-0.15, -0.1) is 0 Å². The zero-order chi connectivity index (χ0) is 13.5. The van der Waals surface area contributed by atoms with E-state index >= 15 is 0 Å². The van der Waals surface area contributed by atoms with E-state index in [9.17, 15) is 4.79 Å². The van der Waals surface area contributed by atoms with Crippen molar-refractivity contribution >= 4 is 11.6 Å². The Balaban J connectivity index is 1.74. The number of nitrogens with one attached hydrogen (secondary N) is 2. The van der Waals surface area contributed by atoms with Crippen molar-refractivity contribution in [2.45, 2.75) is 25.7 Å². The number of hydrogen-bond donors (Lipinski definition) is 2. The topological polar surface area (TPSA) is 50.4 Å². The third kappa shape index (κ3) is 3.96. The van der Waals surface area contributed by atoms with E-state index in [-0.39, 0.29) is 5.91 Å². The Hall–Kier alpha value is -1.55. The minimum atomic E-state index is 0.0291. The first-order valence-corrected chi connectivity index (χ1v) is 6.95. The van der Waals surface area contributed by atoms with Gasteiger partial charge in [-0.05, 0) is 49.4 Å². The molecule has 0 saturated heterocycles. The van der Waals surface area contributed by atoms with E-state index in [0.29, 0.717) is 0 Å². The average Bonchev–Trinajstić information content (AvgIpc) is 2.89. The summed E-state index contributed by atoms with van der Waals surface area (Å²) in [6, 6.07) is 5.88. The Morgan fingerprint density at radius 1 is 1.37 bits per heavy atom. The van der Waals surface area contributed by atoms with Gasteiger partial charge in [0.05, 0.1) is 0 Å². The third-order valence-corrected chi connectivity index (χ3v) is 3.39. The van der Waals surface area contributed by atoms with Crippen molar-refractivity contribution in [3.05, 3.63) is 29.3 Å². The van der Waals surface area contributed by atoms with Crippen LogP contribution < -0.4 is 10.6 Å². The molecular weight excluding hydrogens is 240 g/mol. The maximum Gasteiger partial charge on any atom is 0.251 e. The van der Waals surface area contributed by atoms with E-state index in [1.807, 2.05) is 18.2 Å². The van der Waals surface area contributed by atoms with E-state index in [4.69, 9.17) is 4.74 Å². The lowest BCUT2D eigenvalue weighted by Crippen LogP contribution is -2.24. The van der Waals surface area contributed by atoms with Gasteiger partial charge in [0.15, 0.2) is 0 Å². The minimum Gasteiger partial charge on any atom is -0.385 e. The molecule has 2 N–H and O–H groups in total. The van der Waals surface area contributed by atoms with Crippen molar-refractivity contribution in [2.24, 2.45) is 0 Å². The van der Waals surface area contributed by atoms with Gasteiger partial charge in [-0.3, -0.25) is 4.79 Å². The highest BCUT2D eigenvalue weighted by molar-refractivity contribution is 5.95. The molecule has 0 aromatic heterocycles. The number of anilines is 1. The van der Waals surface area contributed by atoms with Gasteiger partial charge in [-0.1, -0.05) is 0 Å². The molecule has 0 fully saturated rings. The lowest BCUT2D eigenvalue weighted by Gasteiger charge is -2.07. The predicted octanol–water partition coefficient (Wildman–Crippen LogP) is 2.20. The molecule has 0 bridgehead atoms. The first kappa shape index (κ1) is 13.9. The van der Waals surface area contributed by atoms with E-state index < -0.39 is 0 Å². The second-order valence-corrected chi connectivity index (χ2v) is 4.86. The smallest absolute Gasteiger partial charge is 0.251 e. The third-order valence-electron chi connectivity index (χ3n) is 3.39. The van der Waals surface area contributed by atoms with Crippen molar-refractivity contribution in [2.75, 3.05) is 32.1 Å². The van der Waals surface area contributed by atoms with Crippen LogP contribution in [-0.4, -0.2) is 32.7 Å². The van der Waals surface area contributed by atoms with Crippen LogP contribution >= 0.6 is 0 Å². The summed E-state index contributed by atoms with van der Waals surface area (Å²) in [6.45, 7) is 2.50. The summed E-state index contributed by atoms with van der Waals surface area (Å²) in [5, 5.41) is 6.26. The molecule has 1 aliphatic heterocycles. The number of carbonyl (C=O) groups excluding carboxylic acids is 1. The van der Waals surface area contributed by atoms with Gasteiger partial charge in [-0.25, -0.2) is 0 Å². The van der Waals surface area contributed by atoms with Crippen LogP contribution in [0.25, 0.3) is 0 Å². The molecule has 1 aromatic rings. The molecule has 1 aliphatic rings. The summed E-state index contributed by atoms with van der Waals surface area (Å²) < 4.78 is 4.99. The van der Waals surface area contributed by atoms with Crippen molar-refractivity contribution in [3.8, 4) is 0 Å². The van der Waals surface area contributed by atoms with Gasteiger partial charge in [0.25, 0.3) is 5.91 Å². The van der Waals surface area contributed by atoms with Crippen LogP contribution in [-0.2, 0) is 11.2 Å². The Kier molecular flexibility index (Phi) is 5.21. The van der Waals surface area contributed by atoms with Gasteiger partial charge in [0, 0.05) is 38.1 Å². The average molecular weight is 262 g/mol. The van der Waals surface area contributed by atoms with Crippen LogP contribution in [0.15, 0.2) is 18.2 Å². The summed E-state index contributed by atoms with van der Waals surface area (Å²) in [5.41, 5.74) is 3.17. The number of unbranched alkanes of at least 4 members (excludes halogenated alkanes) is 2. The lowest BCUT2D eigenvalue weighted by molar-refractivity contribution is 0.0952. The largest absolute Gasteiger partial charge is 0.385 e. The first-order valence-electron chi connectivity index (χ1n) is 6.95. The molecule has 0 saturated carbocycles. The van der Waals surface area contributed by atoms with E-state index in [0.717, 1.165) is 56.6 Å². The second-order valence-electron chi connectivity index (χ2n) is 4.86. The number of carbonyl (C=O) groups is 1. The standard InChI is InChI=1S/C15H22N2O2/c1-19-10-4-2-3-8-17-15(18)13-5-6-14-12(11-13)7-9-16-14/h5-6,11,16H,2-4,7-10H2,1H3,(H,17,18). The molecule has 0 unspecified atom stereocenters. The van der Waals surface area contributed by atoms with E-state index in [2.05, 4.69) is 10.6 Å². The predicted molar refractivity (Wildman–Crippen MR) is 76.7 cm³/mol. The summed E-state index contributed by atoms with van der Waals surface area (Å²) in [7, 11) is 1.71. The monoisotopic (exact) mass is 262 g/mol. The normalized spacial score (nSPS) is 12.9. The van der Waals surface area contributed by atoms with Gasteiger partial charge < -0.3 is 15.4 Å². The van der Waals surface area contributed by atoms with Gasteiger partial charge in [-0.2, -0.15) is 0 Å². The number of amides is 1. The molecule has 0 spiro atoms. The molecule has 0 atom stereocenters. The number of benzene rings is 1. The van der Waals surface area contributed by atoms with Crippen LogP contribution in [0.3, 0.4) is 0 Å². The highest BCUT2D eigenvalue weighted by Gasteiger charge is 2.12. The molecule has 0 radical (unpaired) electrons. The van der Waals surface area contributed by atoms with Crippen molar-refractivity contribution in [1.82, 2.24) is 5.32 Å². The molecule has 1 amide bonds. The van der Waals surface area contributed by atoms with Crippen LogP contribution in [0.1, 0.15) is 35.2 Å². The SMILES string of the molecule is COCCCCCNC(=O)c1ccc2c(c1)CCN2. The zero-order valence-corrected chi connectivity index (χ0v) is 11.5. The Labute approximate surface area is 114 Å². The molecular formula is C15H22N2O2. The highest BCUT2D eigenvalue weighted by Crippen LogP contribution is 2.22. The summed E-state index contributed by atoms with van der Waals surface area (Å²) in [6.07, 6.45) is 4.15. The molecule has 0 aliphatic carbocycles. The quantitative estimate of drug-likeness (QED) is 0.741. The summed E-state index contributed by atoms with van der Waals surface area (Å²) in [4.78, 5) is 12.0. The van der Waals surface area contributed by atoms with Crippen LogP contribution in [0.5, 0.6) is 0 Å². The maximum absolute atomic E-state index is 12.0. The minimum absolute atomic E-state index is 0.0291. The fourth-order valence-corrected chi connectivity index (χ4v) is 2.30. The number of methoxy groups -OCH3 is 1. The van der Waals surface area contributed by atoms with E-state index in [1.54, 1.807) is 7.11 Å². The van der Waals surface area contributed by atoms with Crippen molar-refractivity contribution < 1.29 is 9.53 Å². The molecule has 2 rings (SSSR count). The van der Waals surface area contributed by atoms with Gasteiger partial charge in [0.2, 0.25) is 0 Å². The lowest BCUT2D eigenvalue weighted by atomic mass is 10.1. The fraction of sp³-hybridized carbons (Fsp3) is 0.533. The number of hydrogen-bond acceptors (Lipinski definition) is 3. The van der Waals surface area contributed by atoms with Crippen LogP contribution in [0.4, 0.5) is 5.69 Å². The number of rotatable bonds is 7. The first-order chi connectivity index (χ1) is 9.31. The summed E-state index contributed by atoms with van der Waals surface area (Å²) >= 11 is 0. The Morgan fingerprint density at radius 2 is 2.26 bits per heavy atom. The zero-order valence-electron chi connectivity index (χ0n) is 11.5. The maximum atomic E-state index is 12.0. The molecule has 19 heavy (non-hydrogen) atoms. The number of ether oxygens (including phenoxy) is 1. The summed E-state index contributed by atoms with van der Waals surface area (Å²) in [5.74, 6) is 0.0291. The van der Waals surface area contributed by atoms with Crippen molar-refractivity contribution in [3.63, 3.8) is 0 Å². The van der Waals surface area contributed by atoms with Crippen LogP contribution in [0.2, 0.25) is 0 Å². The fourth-order valence-electron chi connectivity index (χ4n) is 2.30. The number of fused-ring (bicyclic) bond motifs is 1. The van der Waals surface area contributed by atoms with Gasteiger partial charge in [0.1, 0.15) is 0 Å². The molecule has 4 heteroatoms. The highest BCUT2D eigenvalue weighted by atomic mass is 16.5.